The predicted molar refractivity (Wildman–Crippen MR) is 103 cm³/mol. The summed E-state index contributed by atoms with van der Waals surface area (Å²) in [6, 6.07) is 5.36. The van der Waals surface area contributed by atoms with E-state index in [1.54, 1.807) is 19.1 Å². The minimum Gasteiger partial charge on any atom is -0.391 e. The molecular formula is C19H30N4O4. The SMILES string of the molecule is CCC(=O)[C@H](CCN)NC(=O)[C@@H](NC(=O)Cc1cccc(CN)c1)C(C)O. The molecule has 2 amide bonds. The van der Waals surface area contributed by atoms with Gasteiger partial charge < -0.3 is 27.2 Å². The number of Topliss-reactive ketones (excluding diaryl/α,β-unsaturated/α-hetero) is 1. The fourth-order valence-corrected chi connectivity index (χ4v) is 2.67. The average molecular weight is 378 g/mol. The van der Waals surface area contributed by atoms with Gasteiger partial charge in [0, 0.05) is 13.0 Å². The third kappa shape index (κ3) is 7.46. The van der Waals surface area contributed by atoms with Gasteiger partial charge in [-0.05, 0) is 31.0 Å². The number of rotatable bonds is 11. The smallest absolute Gasteiger partial charge is 0.245 e. The molecule has 27 heavy (non-hydrogen) atoms. The predicted octanol–water partition coefficient (Wildman–Crippen LogP) is -0.634. The van der Waals surface area contributed by atoms with Gasteiger partial charge in [-0.1, -0.05) is 31.2 Å². The van der Waals surface area contributed by atoms with Crippen molar-refractivity contribution in [3.05, 3.63) is 35.4 Å². The minimum atomic E-state index is -1.17. The molecule has 0 saturated carbocycles. The molecule has 1 aromatic rings. The van der Waals surface area contributed by atoms with Crippen molar-refractivity contribution in [3.8, 4) is 0 Å². The van der Waals surface area contributed by atoms with Crippen molar-refractivity contribution in [2.75, 3.05) is 6.54 Å². The first-order chi connectivity index (χ1) is 12.8. The summed E-state index contributed by atoms with van der Waals surface area (Å²) in [6.07, 6.45) is -0.525. The molecule has 1 rings (SSSR count). The van der Waals surface area contributed by atoms with Crippen LogP contribution in [0.25, 0.3) is 0 Å². The number of hydrogen-bond acceptors (Lipinski definition) is 6. The van der Waals surface area contributed by atoms with E-state index >= 15 is 0 Å². The number of carbonyl (C=O) groups is 3. The van der Waals surface area contributed by atoms with E-state index in [9.17, 15) is 19.5 Å². The quantitative estimate of drug-likeness (QED) is 0.346. The van der Waals surface area contributed by atoms with Gasteiger partial charge in [0.15, 0.2) is 5.78 Å². The zero-order chi connectivity index (χ0) is 20.4. The lowest BCUT2D eigenvalue weighted by molar-refractivity contribution is -0.133. The van der Waals surface area contributed by atoms with Crippen LogP contribution in [-0.2, 0) is 27.3 Å². The molecule has 1 unspecified atom stereocenters. The van der Waals surface area contributed by atoms with Gasteiger partial charge in [0.1, 0.15) is 6.04 Å². The Morgan fingerprint density at radius 3 is 2.37 bits per heavy atom. The number of amides is 2. The zero-order valence-corrected chi connectivity index (χ0v) is 15.9. The van der Waals surface area contributed by atoms with Crippen molar-refractivity contribution >= 4 is 17.6 Å². The van der Waals surface area contributed by atoms with Crippen LogP contribution in [0.5, 0.6) is 0 Å². The molecule has 0 aliphatic rings. The molecule has 0 aliphatic heterocycles. The Morgan fingerprint density at radius 1 is 1.15 bits per heavy atom. The Kier molecular flexibility index (Phi) is 9.63. The fraction of sp³-hybridized carbons (Fsp3) is 0.526. The highest BCUT2D eigenvalue weighted by molar-refractivity contribution is 5.93. The maximum Gasteiger partial charge on any atom is 0.245 e. The molecule has 0 aliphatic carbocycles. The van der Waals surface area contributed by atoms with Crippen molar-refractivity contribution in [1.82, 2.24) is 10.6 Å². The van der Waals surface area contributed by atoms with E-state index in [-0.39, 0.29) is 25.2 Å². The first-order valence-electron chi connectivity index (χ1n) is 9.10. The number of aliphatic hydroxyl groups excluding tert-OH is 1. The van der Waals surface area contributed by atoms with E-state index in [0.717, 1.165) is 11.1 Å². The van der Waals surface area contributed by atoms with Crippen LogP contribution in [0.2, 0.25) is 0 Å². The van der Waals surface area contributed by atoms with Gasteiger partial charge >= 0.3 is 0 Å². The molecule has 0 spiro atoms. The third-order valence-corrected chi connectivity index (χ3v) is 4.18. The molecular weight excluding hydrogens is 348 g/mol. The van der Waals surface area contributed by atoms with Crippen LogP contribution in [0.1, 0.15) is 37.8 Å². The second kappa shape index (κ2) is 11.4. The van der Waals surface area contributed by atoms with Crippen LogP contribution < -0.4 is 22.1 Å². The van der Waals surface area contributed by atoms with Gasteiger partial charge in [0.05, 0.1) is 18.6 Å². The van der Waals surface area contributed by atoms with E-state index < -0.39 is 30.0 Å². The Balaban J connectivity index is 2.77. The highest BCUT2D eigenvalue weighted by atomic mass is 16.3. The minimum absolute atomic E-state index is 0.0461. The molecule has 3 atom stereocenters. The van der Waals surface area contributed by atoms with Crippen LogP contribution in [-0.4, -0.2) is 47.4 Å². The summed E-state index contributed by atoms with van der Waals surface area (Å²) in [7, 11) is 0. The van der Waals surface area contributed by atoms with E-state index in [4.69, 9.17) is 11.5 Å². The topological polar surface area (TPSA) is 148 Å². The van der Waals surface area contributed by atoms with Gasteiger partial charge in [0.2, 0.25) is 11.8 Å². The number of nitrogens with two attached hydrogens (primary N) is 2. The van der Waals surface area contributed by atoms with Gasteiger partial charge in [-0.3, -0.25) is 14.4 Å². The summed E-state index contributed by atoms with van der Waals surface area (Å²) in [5, 5.41) is 15.0. The number of carbonyl (C=O) groups excluding carboxylic acids is 3. The summed E-state index contributed by atoms with van der Waals surface area (Å²) >= 11 is 0. The highest BCUT2D eigenvalue weighted by Gasteiger charge is 2.28. The second-order valence-corrected chi connectivity index (χ2v) is 6.45. The van der Waals surface area contributed by atoms with Gasteiger partial charge in [0.25, 0.3) is 0 Å². The Morgan fingerprint density at radius 2 is 1.81 bits per heavy atom. The van der Waals surface area contributed by atoms with Crippen LogP contribution in [0, 0.1) is 0 Å². The maximum atomic E-state index is 12.5. The summed E-state index contributed by atoms with van der Waals surface area (Å²) in [5.74, 6) is -1.18. The highest BCUT2D eigenvalue weighted by Crippen LogP contribution is 2.06. The molecule has 7 N–H and O–H groups in total. The summed E-state index contributed by atoms with van der Waals surface area (Å²) in [5.41, 5.74) is 12.7. The zero-order valence-electron chi connectivity index (χ0n) is 15.9. The van der Waals surface area contributed by atoms with E-state index in [2.05, 4.69) is 10.6 Å². The van der Waals surface area contributed by atoms with E-state index in [1.807, 2.05) is 12.1 Å². The van der Waals surface area contributed by atoms with Crippen molar-refractivity contribution in [3.63, 3.8) is 0 Å². The first-order valence-corrected chi connectivity index (χ1v) is 9.10. The largest absolute Gasteiger partial charge is 0.391 e. The summed E-state index contributed by atoms with van der Waals surface area (Å²) < 4.78 is 0. The lowest BCUT2D eigenvalue weighted by Crippen LogP contribution is -2.56. The van der Waals surface area contributed by atoms with E-state index in [0.29, 0.717) is 13.0 Å². The van der Waals surface area contributed by atoms with Crippen LogP contribution >= 0.6 is 0 Å². The van der Waals surface area contributed by atoms with Crippen LogP contribution in [0.15, 0.2) is 24.3 Å². The van der Waals surface area contributed by atoms with Gasteiger partial charge in [-0.2, -0.15) is 0 Å². The third-order valence-electron chi connectivity index (χ3n) is 4.18. The molecule has 150 valence electrons. The standard InChI is InChI=1S/C19H30N4O4/c1-3-16(25)15(7-8-20)22-19(27)18(12(2)24)23-17(26)10-13-5-4-6-14(9-13)11-21/h4-6,9,12,15,18,24H,3,7-8,10-11,20-21H2,1-2H3,(H,22,27)(H,23,26)/t12?,15-,18-/m0/s1. The number of aliphatic hydroxyl groups is 1. The summed E-state index contributed by atoms with van der Waals surface area (Å²) in [4.78, 5) is 36.7. The molecule has 0 heterocycles. The molecule has 0 radical (unpaired) electrons. The fourth-order valence-electron chi connectivity index (χ4n) is 2.67. The van der Waals surface area contributed by atoms with Gasteiger partial charge in [-0.15, -0.1) is 0 Å². The molecule has 0 bridgehead atoms. The number of ketones is 1. The number of nitrogens with one attached hydrogen (secondary N) is 2. The average Bonchev–Trinajstić information content (AvgIpc) is 2.64. The summed E-state index contributed by atoms with van der Waals surface area (Å²) in [6.45, 7) is 3.70. The van der Waals surface area contributed by atoms with Crippen LogP contribution in [0.4, 0.5) is 0 Å². The maximum absolute atomic E-state index is 12.5. The lowest BCUT2D eigenvalue weighted by Gasteiger charge is -2.24. The molecule has 1 aromatic carbocycles. The Labute approximate surface area is 159 Å². The lowest BCUT2D eigenvalue weighted by atomic mass is 10.0. The first kappa shape index (κ1) is 22.8. The normalized spacial score (nSPS) is 14.1. The van der Waals surface area contributed by atoms with Crippen LogP contribution in [0.3, 0.4) is 0 Å². The molecule has 0 fully saturated rings. The van der Waals surface area contributed by atoms with Crippen molar-refractivity contribution < 1.29 is 19.5 Å². The Bertz CT molecular complexity index is 648. The van der Waals surface area contributed by atoms with Crippen molar-refractivity contribution in [2.24, 2.45) is 11.5 Å². The number of benzene rings is 1. The number of hydrogen-bond donors (Lipinski definition) is 5. The van der Waals surface area contributed by atoms with Gasteiger partial charge in [-0.25, -0.2) is 0 Å². The molecule has 0 saturated heterocycles. The van der Waals surface area contributed by atoms with E-state index in [1.165, 1.54) is 6.92 Å². The second-order valence-electron chi connectivity index (χ2n) is 6.45. The molecule has 0 aromatic heterocycles. The van der Waals surface area contributed by atoms with Crippen molar-refractivity contribution in [1.29, 1.82) is 0 Å². The Hall–Kier alpha value is -2.29. The van der Waals surface area contributed by atoms with Crippen molar-refractivity contribution in [2.45, 2.75) is 57.8 Å². The monoisotopic (exact) mass is 378 g/mol. The molecule has 8 nitrogen and oxygen atoms in total. The molecule has 8 heteroatoms.